The monoisotopic (exact) mass is 268 g/mol. The minimum Gasteiger partial charge on any atom is -0.481 e. The van der Waals surface area contributed by atoms with Crippen molar-refractivity contribution in [1.29, 1.82) is 0 Å². The lowest BCUT2D eigenvalue weighted by molar-refractivity contribution is -0.137. The van der Waals surface area contributed by atoms with E-state index < -0.39 is 5.97 Å². The number of rotatable bonds is 5. The van der Waals surface area contributed by atoms with Crippen molar-refractivity contribution in [3.8, 4) is 0 Å². The smallest absolute Gasteiger partial charge is 0.303 e. The molecule has 0 aromatic carbocycles. The molecule has 0 amide bonds. The first-order valence-corrected chi connectivity index (χ1v) is 7.42. The van der Waals surface area contributed by atoms with Gasteiger partial charge in [0.1, 0.15) is 0 Å². The largest absolute Gasteiger partial charge is 0.481 e. The first-order chi connectivity index (χ1) is 8.68. The van der Waals surface area contributed by atoms with Crippen molar-refractivity contribution in [1.82, 2.24) is 9.88 Å². The summed E-state index contributed by atoms with van der Waals surface area (Å²) in [4.78, 5) is 18.6. The summed E-state index contributed by atoms with van der Waals surface area (Å²) < 4.78 is 0. The van der Waals surface area contributed by atoms with Gasteiger partial charge in [0, 0.05) is 29.6 Å². The number of likely N-dealkylation sites (tertiary alicyclic amines) is 1. The summed E-state index contributed by atoms with van der Waals surface area (Å²) in [6, 6.07) is 0.767. The molecule has 0 bridgehead atoms. The van der Waals surface area contributed by atoms with E-state index in [-0.39, 0.29) is 6.42 Å². The predicted octanol–water partition coefficient (Wildman–Crippen LogP) is 2.92. The van der Waals surface area contributed by atoms with Crippen molar-refractivity contribution in [2.24, 2.45) is 0 Å². The Labute approximate surface area is 112 Å². The van der Waals surface area contributed by atoms with Crippen LogP contribution in [0.4, 0.5) is 0 Å². The fourth-order valence-electron chi connectivity index (χ4n) is 2.73. The van der Waals surface area contributed by atoms with Gasteiger partial charge in [-0.15, -0.1) is 11.3 Å². The summed E-state index contributed by atoms with van der Waals surface area (Å²) in [5.74, 6) is -0.689. The predicted molar refractivity (Wildman–Crippen MR) is 71.7 cm³/mol. The highest BCUT2D eigenvalue weighted by Crippen LogP contribution is 2.31. The van der Waals surface area contributed by atoms with Crippen LogP contribution < -0.4 is 0 Å². The van der Waals surface area contributed by atoms with E-state index in [1.807, 2.05) is 11.7 Å². The van der Waals surface area contributed by atoms with Gasteiger partial charge in [-0.25, -0.2) is 0 Å². The van der Waals surface area contributed by atoms with Gasteiger partial charge in [0.2, 0.25) is 0 Å². The molecule has 1 N–H and O–H groups in total. The van der Waals surface area contributed by atoms with Crippen molar-refractivity contribution < 1.29 is 9.90 Å². The van der Waals surface area contributed by atoms with Crippen LogP contribution in [0.15, 0.2) is 11.7 Å². The van der Waals surface area contributed by atoms with Gasteiger partial charge in [-0.2, -0.15) is 0 Å². The number of nitrogens with zero attached hydrogens (tertiary/aromatic N) is 2. The highest BCUT2D eigenvalue weighted by atomic mass is 32.1. The Hall–Kier alpha value is -0.940. The third-order valence-electron chi connectivity index (χ3n) is 3.72. The lowest BCUT2D eigenvalue weighted by Crippen LogP contribution is -2.41. The lowest BCUT2D eigenvalue weighted by atomic mass is 9.96. The summed E-state index contributed by atoms with van der Waals surface area (Å²) in [6.07, 6.45) is 6.52. The van der Waals surface area contributed by atoms with Crippen LogP contribution >= 0.6 is 11.3 Å². The molecule has 18 heavy (non-hydrogen) atoms. The van der Waals surface area contributed by atoms with E-state index in [9.17, 15) is 4.79 Å². The van der Waals surface area contributed by atoms with Gasteiger partial charge in [0.15, 0.2) is 0 Å². The molecule has 2 rings (SSSR count). The number of carboxylic acid groups (broad SMARTS) is 1. The Morgan fingerprint density at radius 3 is 3.17 bits per heavy atom. The Morgan fingerprint density at radius 1 is 1.67 bits per heavy atom. The van der Waals surface area contributed by atoms with Gasteiger partial charge in [-0.05, 0) is 32.7 Å². The van der Waals surface area contributed by atoms with Gasteiger partial charge in [-0.1, -0.05) is 6.42 Å². The number of carboxylic acids is 1. The minimum atomic E-state index is -0.689. The molecule has 1 aromatic heterocycles. The first-order valence-electron chi connectivity index (χ1n) is 6.54. The van der Waals surface area contributed by atoms with Crippen molar-refractivity contribution >= 4 is 17.3 Å². The molecule has 1 aliphatic rings. The van der Waals surface area contributed by atoms with E-state index in [1.165, 1.54) is 17.7 Å². The zero-order chi connectivity index (χ0) is 13.0. The second-order valence-electron chi connectivity index (χ2n) is 4.90. The molecular weight excluding hydrogens is 248 g/mol. The fourth-order valence-corrected chi connectivity index (χ4v) is 3.43. The van der Waals surface area contributed by atoms with E-state index in [0.717, 1.165) is 19.4 Å². The van der Waals surface area contributed by atoms with Crippen LogP contribution in [0.3, 0.4) is 0 Å². The zero-order valence-corrected chi connectivity index (χ0v) is 11.5. The Balaban J connectivity index is 2.00. The number of hydrogen-bond acceptors (Lipinski definition) is 4. The first kappa shape index (κ1) is 13.5. The van der Waals surface area contributed by atoms with E-state index in [1.54, 1.807) is 11.3 Å². The van der Waals surface area contributed by atoms with Crippen molar-refractivity contribution in [2.75, 3.05) is 6.54 Å². The molecular formula is C13H20N2O2S. The molecule has 0 saturated carbocycles. The van der Waals surface area contributed by atoms with Gasteiger partial charge in [0.25, 0.3) is 0 Å². The molecule has 0 spiro atoms. The van der Waals surface area contributed by atoms with Crippen molar-refractivity contribution in [3.05, 3.63) is 16.6 Å². The van der Waals surface area contributed by atoms with E-state index in [4.69, 9.17) is 5.11 Å². The Morgan fingerprint density at radius 2 is 2.50 bits per heavy atom. The third kappa shape index (κ3) is 3.29. The van der Waals surface area contributed by atoms with E-state index in [2.05, 4.69) is 16.8 Å². The maximum Gasteiger partial charge on any atom is 0.303 e. The van der Waals surface area contributed by atoms with E-state index in [0.29, 0.717) is 12.1 Å². The average molecular weight is 268 g/mol. The third-order valence-corrected chi connectivity index (χ3v) is 4.67. The van der Waals surface area contributed by atoms with Crippen LogP contribution in [0.2, 0.25) is 0 Å². The molecule has 1 aromatic rings. The molecule has 5 heteroatoms. The maximum absolute atomic E-state index is 10.7. The normalized spacial score (nSPS) is 22.8. The Bertz CT molecular complexity index is 380. The molecule has 1 aliphatic heterocycles. The molecule has 2 unspecified atom stereocenters. The van der Waals surface area contributed by atoms with Crippen LogP contribution in [0, 0.1) is 0 Å². The molecule has 0 aliphatic carbocycles. The second kappa shape index (κ2) is 6.29. The lowest BCUT2D eigenvalue weighted by Gasteiger charge is -2.39. The topological polar surface area (TPSA) is 53.4 Å². The maximum atomic E-state index is 10.7. The van der Waals surface area contributed by atoms with Gasteiger partial charge in [-0.3, -0.25) is 14.7 Å². The van der Waals surface area contributed by atoms with E-state index >= 15 is 0 Å². The number of thiazole rings is 1. The van der Waals surface area contributed by atoms with Crippen LogP contribution in [0.1, 0.15) is 49.9 Å². The highest BCUT2D eigenvalue weighted by Gasteiger charge is 2.28. The van der Waals surface area contributed by atoms with Crippen LogP contribution in [-0.2, 0) is 4.79 Å². The van der Waals surface area contributed by atoms with Crippen molar-refractivity contribution in [2.45, 2.75) is 51.1 Å². The summed E-state index contributed by atoms with van der Waals surface area (Å²) in [7, 11) is 0. The number of hydrogen-bond donors (Lipinski definition) is 1. The SMILES string of the molecule is CC(c1cncs1)N1CCCCC1CCC(=O)O. The van der Waals surface area contributed by atoms with Crippen LogP contribution in [-0.4, -0.2) is 33.5 Å². The average Bonchev–Trinajstić information content (AvgIpc) is 2.89. The molecule has 4 nitrogen and oxygen atoms in total. The second-order valence-corrected chi connectivity index (χ2v) is 5.82. The minimum absolute atomic E-state index is 0.274. The number of carbonyl (C=O) groups is 1. The molecule has 2 atom stereocenters. The summed E-state index contributed by atoms with van der Waals surface area (Å²) in [5.41, 5.74) is 1.86. The summed E-state index contributed by atoms with van der Waals surface area (Å²) in [5, 5.41) is 8.83. The highest BCUT2D eigenvalue weighted by molar-refractivity contribution is 7.09. The molecule has 100 valence electrons. The van der Waals surface area contributed by atoms with Crippen molar-refractivity contribution in [3.63, 3.8) is 0 Å². The fraction of sp³-hybridized carbons (Fsp3) is 0.692. The van der Waals surface area contributed by atoms with Gasteiger partial charge >= 0.3 is 5.97 Å². The number of aromatic nitrogens is 1. The molecule has 0 radical (unpaired) electrons. The standard InChI is InChI=1S/C13H20N2O2S/c1-10(12-8-14-9-18-12)15-7-3-2-4-11(15)5-6-13(16)17/h8-11H,2-7H2,1H3,(H,16,17). The Kier molecular flexibility index (Phi) is 4.72. The van der Waals surface area contributed by atoms with Crippen LogP contribution in [0.25, 0.3) is 0 Å². The summed E-state index contributed by atoms with van der Waals surface area (Å²) >= 11 is 1.68. The zero-order valence-electron chi connectivity index (χ0n) is 10.7. The number of piperidine rings is 1. The summed E-state index contributed by atoms with van der Waals surface area (Å²) in [6.45, 7) is 3.27. The molecule has 1 fully saturated rings. The molecule has 1 saturated heterocycles. The quantitative estimate of drug-likeness (QED) is 0.892. The van der Waals surface area contributed by atoms with Crippen LogP contribution in [0.5, 0.6) is 0 Å². The molecule has 2 heterocycles. The van der Waals surface area contributed by atoms with Gasteiger partial charge < -0.3 is 5.11 Å². The number of aliphatic carboxylic acids is 1. The van der Waals surface area contributed by atoms with Gasteiger partial charge in [0.05, 0.1) is 5.51 Å².